The summed E-state index contributed by atoms with van der Waals surface area (Å²) in [6.07, 6.45) is 1.72. The van der Waals surface area contributed by atoms with E-state index >= 15 is 0 Å². The molecule has 1 aromatic carbocycles. The maximum Gasteiger partial charge on any atom is 0.321 e. The Morgan fingerprint density at radius 2 is 2.21 bits per heavy atom. The molecule has 1 heterocycles. The zero-order valence-corrected chi connectivity index (χ0v) is 10.8. The maximum atomic E-state index is 13.6. The van der Waals surface area contributed by atoms with Crippen molar-refractivity contribution >= 4 is 5.97 Å². The fourth-order valence-corrected chi connectivity index (χ4v) is 2.73. The number of likely N-dealkylation sites (tertiary alicyclic amines) is 1. The van der Waals surface area contributed by atoms with Gasteiger partial charge < -0.3 is 5.11 Å². The number of hydrogen-bond acceptors (Lipinski definition) is 2. The van der Waals surface area contributed by atoms with E-state index in [2.05, 4.69) is 0 Å². The van der Waals surface area contributed by atoms with Crippen molar-refractivity contribution in [2.45, 2.75) is 32.4 Å². The van der Waals surface area contributed by atoms with Crippen LogP contribution in [0, 0.1) is 17.6 Å². The van der Waals surface area contributed by atoms with Crippen LogP contribution < -0.4 is 0 Å². The Morgan fingerprint density at radius 1 is 1.47 bits per heavy atom. The summed E-state index contributed by atoms with van der Waals surface area (Å²) >= 11 is 0. The summed E-state index contributed by atoms with van der Waals surface area (Å²) < 4.78 is 26.7. The Hall–Kier alpha value is -1.49. The van der Waals surface area contributed by atoms with Crippen LogP contribution in [0.5, 0.6) is 0 Å². The van der Waals surface area contributed by atoms with Gasteiger partial charge in [0.1, 0.15) is 17.7 Å². The Labute approximate surface area is 110 Å². The molecule has 5 heteroatoms. The van der Waals surface area contributed by atoms with E-state index in [0.717, 1.165) is 31.0 Å². The van der Waals surface area contributed by atoms with E-state index in [1.165, 1.54) is 0 Å². The van der Waals surface area contributed by atoms with Crippen molar-refractivity contribution in [1.82, 2.24) is 4.90 Å². The first-order valence-corrected chi connectivity index (χ1v) is 6.40. The van der Waals surface area contributed by atoms with Crippen LogP contribution in [0.25, 0.3) is 0 Å². The number of hydrogen-bond donors (Lipinski definition) is 1. The first-order valence-electron chi connectivity index (χ1n) is 6.40. The number of benzene rings is 1. The first kappa shape index (κ1) is 13.9. The van der Waals surface area contributed by atoms with Gasteiger partial charge >= 0.3 is 5.97 Å². The van der Waals surface area contributed by atoms with Crippen molar-refractivity contribution in [3.05, 3.63) is 35.4 Å². The van der Waals surface area contributed by atoms with Crippen molar-refractivity contribution in [1.29, 1.82) is 0 Å². The fraction of sp³-hybridized carbons (Fsp3) is 0.500. The van der Waals surface area contributed by atoms with Crippen LogP contribution in [0.3, 0.4) is 0 Å². The second-order valence-electron chi connectivity index (χ2n) is 5.11. The van der Waals surface area contributed by atoms with Gasteiger partial charge in [-0.25, -0.2) is 8.78 Å². The number of nitrogens with zero attached hydrogens (tertiary/aromatic N) is 1. The molecule has 1 saturated heterocycles. The molecule has 2 rings (SSSR count). The third-order valence-electron chi connectivity index (χ3n) is 3.67. The van der Waals surface area contributed by atoms with E-state index in [1.807, 2.05) is 6.92 Å². The minimum Gasteiger partial charge on any atom is -0.480 e. The largest absolute Gasteiger partial charge is 0.480 e. The number of carboxylic acid groups (broad SMARTS) is 1. The van der Waals surface area contributed by atoms with E-state index in [4.69, 9.17) is 0 Å². The van der Waals surface area contributed by atoms with E-state index in [9.17, 15) is 18.7 Å². The van der Waals surface area contributed by atoms with Gasteiger partial charge in [-0.15, -0.1) is 0 Å². The average molecular weight is 269 g/mol. The van der Waals surface area contributed by atoms with Gasteiger partial charge in [0.05, 0.1) is 0 Å². The van der Waals surface area contributed by atoms with Gasteiger partial charge in [-0.3, -0.25) is 9.69 Å². The molecule has 1 N–H and O–H groups in total. The van der Waals surface area contributed by atoms with Gasteiger partial charge in [0.2, 0.25) is 0 Å². The summed E-state index contributed by atoms with van der Waals surface area (Å²) in [5, 5.41) is 9.27. The van der Waals surface area contributed by atoms with Crippen molar-refractivity contribution in [3.8, 4) is 0 Å². The normalized spacial score (nSPS) is 24.4. The van der Waals surface area contributed by atoms with Crippen LogP contribution in [0.4, 0.5) is 8.78 Å². The number of carbonyl (C=O) groups is 1. The zero-order chi connectivity index (χ0) is 14.0. The number of aliphatic carboxylic acids is 1. The first-order chi connectivity index (χ1) is 8.99. The monoisotopic (exact) mass is 269 g/mol. The van der Waals surface area contributed by atoms with Gasteiger partial charge in [0, 0.05) is 12.1 Å². The summed E-state index contributed by atoms with van der Waals surface area (Å²) in [7, 11) is 0. The Bertz CT molecular complexity index is 479. The topological polar surface area (TPSA) is 40.5 Å². The molecule has 19 heavy (non-hydrogen) atoms. The standard InChI is InChI=1S/C14H17F2NO2/c1-9-3-2-6-17(13(9)14(18)19)8-10-7-11(15)4-5-12(10)16/h4-5,7,9,13H,2-3,6,8H2,1H3,(H,18,19). The van der Waals surface area contributed by atoms with Gasteiger partial charge in [0.15, 0.2) is 0 Å². The minimum absolute atomic E-state index is 0.0165. The lowest BCUT2D eigenvalue weighted by Gasteiger charge is -2.37. The molecule has 1 fully saturated rings. The molecule has 0 amide bonds. The number of rotatable bonds is 3. The molecule has 0 radical (unpaired) electrons. The number of piperidine rings is 1. The molecule has 2 unspecified atom stereocenters. The van der Waals surface area contributed by atoms with Crippen molar-refractivity contribution < 1.29 is 18.7 Å². The molecule has 0 aliphatic carbocycles. The van der Waals surface area contributed by atoms with Gasteiger partial charge in [-0.05, 0) is 43.5 Å². The fourth-order valence-electron chi connectivity index (χ4n) is 2.73. The van der Waals surface area contributed by atoms with E-state index < -0.39 is 23.6 Å². The molecular formula is C14H17F2NO2. The predicted octanol–water partition coefficient (Wildman–Crippen LogP) is 2.65. The third kappa shape index (κ3) is 3.10. The molecule has 1 aliphatic rings. The van der Waals surface area contributed by atoms with Crippen LogP contribution in [0.2, 0.25) is 0 Å². The predicted molar refractivity (Wildman–Crippen MR) is 66.6 cm³/mol. The maximum absolute atomic E-state index is 13.6. The summed E-state index contributed by atoms with van der Waals surface area (Å²) in [6, 6.07) is 2.64. The van der Waals surface area contributed by atoms with Crippen molar-refractivity contribution in [3.63, 3.8) is 0 Å². The van der Waals surface area contributed by atoms with Crippen LogP contribution in [-0.4, -0.2) is 28.6 Å². The van der Waals surface area contributed by atoms with Gasteiger partial charge in [-0.1, -0.05) is 6.92 Å². The van der Waals surface area contributed by atoms with Crippen LogP contribution >= 0.6 is 0 Å². The molecule has 2 atom stereocenters. The Kier molecular flexibility index (Phi) is 4.14. The highest BCUT2D eigenvalue weighted by atomic mass is 19.1. The molecule has 3 nitrogen and oxygen atoms in total. The molecule has 0 spiro atoms. The summed E-state index contributed by atoms with van der Waals surface area (Å²) in [5.74, 6) is -1.89. The highest BCUT2D eigenvalue weighted by Crippen LogP contribution is 2.26. The molecular weight excluding hydrogens is 252 g/mol. The van der Waals surface area contributed by atoms with E-state index in [1.54, 1.807) is 4.90 Å². The Morgan fingerprint density at radius 3 is 2.89 bits per heavy atom. The van der Waals surface area contributed by atoms with Crippen LogP contribution in [0.1, 0.15) is 25.3 Å². The molecule has 1 aromatic rings. The quantitative estimate of drug-likeness (QED) is 0.917. The van der Waals surface area contributed by atoms with Crippen LogP contribution in [0.15, 0.2) is 18.2 Å². The lowest BCUT2D eigenvalue weighted by molar-refractivity contribution is -0.147. The van der Waals surface area contributed by atoms with Gasteiger partial charge in [0.25, 0.3) is 0 Å². The molecule has 0 aromatic heterocycles. The lowest BCUT2D eigenvalue weighted by Crippen LogP contribution is -2.48. The van der Waals surface area contributed by atoms with Crippen molar-refractivity contribution in [2.75, 3.05) is 6.54 Å². The van der Waals surface area contributed by atoms with E-state index in [0.29, 0.717) is 6.54 Å². The highest BCUT2D eigenvalue weighted by Gasteiger charge is 2.34. The SMILES string of the molecule is CC1CCCN(Cc2cc(F)ccc2F)C1C(=O)O. The molecule has 104 valence electrons. The zero-order valence-electron chi connectivity index (χ0n) is 10.8. The lowest BCUT2D eigenvalue weighted by atomic mass is 9.90. The number of halogens is 2. The average Bonchev–Trinajstić information content (AvgIpc) is 2.33. The highest BCUT2D eigenvalue weighted by molar-refractivity contribution is 5.74. The van der Waals surface area contributed by atoms with E-state index in [-0.39, 0.29) is 18.0 Å². The van der Waals surface area contributed by atoms with Gasteiger partial charge in [-0.2, -0.15) is 0 Å². The second-order valence-corrected chi connectivity index (χ2v) is 5.11. The number of carboxylic acids is 1. The van der Waals surface area contributed by atoms with Crippen LogP contribution in [-0.2, 0) is 11.3 Å². The Balaban J connectivity index is 2.20. The molecule has 0 bridgehead atoms. The summed E-state index contributed by atoms with van der Waals surface area (Å²) in [4.78, 5) is 13.0. The minimum atomic E-state index is -0.899. The molecule has 1 aliphatic heterocycles. The second kappa shape index (κ2) is 5.65. The third-order valence-corrected chi connectivity index (χ3v) is 3.67. The summed E-state index contributed by atoms with van der Waals surface area (Å²) in [5.41, 5.74) is 0.209. The summed E-state index contributed by atoms with van der Waals surface area (Å²) in [6.45, 7) is 2.61. The molecule has 0 saturated carbocycles. The smallest absolute Gasteiger partial charge is 0.321 e. The van der Waals surface area contributed by atoms with Crippen molar-refractivity contribution in [2.24, 2.45) is 5.92 Å².